The molecule has 3 aromatic rings. The van der Waals surface area contributed by atoms with E-state index < -0.39 is 53.8 Å². The van der Waals surface area contributed by atoms with Crippen molar-refractivity contribution in [3.05, 3.63) is 63.7 Å². The van der Waals surface area contributed by atoms with E-state index in [2.05, 4.69) is 15.4 Å². The predicted molar refractivity (Wildman–Crippen MR) is 139 cm³/mol. The van der Waals surface area contributed by atoms with Gasteiger partial charge in [-0.3, -0.25) is 4.79 Å². The first-order valence-electron chi connectivity index (χ1n) is 13.3. The highest BCUT2D eigenvalue weighted by atomic mass is 19.4. The maximum Gasteiger partial charge on any atom is 0.416 e. The van der Waals surface area contributed by atoms with Crippen LogP contribution in [0.15, 0.2) is 30.3 Å². The lowest BCUT2D eigenvalue weighted by atomic mass is 9.94. The number of nitrogens with zero attached hydrogens (tertiary/aromatic N) is 6. The van der Waals surface area contributed by atoms with Crippen LogP contribution in [0.5, 0.6) is 0 Å². The highest BCUT2D eigenvalue weighted by Gasteiger charge is 2.39. The number of aromatic nitrogens is 4. The minimum absolute atomic E-state index is 0.00634. The molecule has 0 radical (unpaired) electrons. The van der Waals surface area contributed by atoms with E-state index in [1.165, 1.54) is 24.9 Å². The lowest BCUT2D eigenvalue weighted by Gasteiger charge is -2.33. The fourth-order valence-corrected chi connectivity index (χ4v) is 5.31. The second-order valence-corrected chi connectivity index (χ2v) is 10.5. The van der Waals surface area contributed by atoms with E-state index in [1.807, 2.05) is 0 Å². The molecule has 0 aliphatic carbocycles. The van der Waals surface area contributed by atoms with Crippen molar-refractivity contribution in [1.82, 2.24) is 20.2 Å². The standard InChI is InChI=1S/C27H27F9N6O2/c1-15-9-19-21(5-3-7-41(8-4-6-23(43)44)22(19)13-20(15)27(34,35)36)42(24-37-39-40(2)38-24)14-16-10-17(25(28,29)30)12-18(11-16)26(31,32)33/h9-13,21H,3-8,14H2,1-2H3,(H,43,44)/t21-/m0/s1. The molecule has 1 aliphatic rings. The predicted octanol–water partition coefficient (Wildman–Crippen LogP) is 6.79. The molecule has 1 atom stereocenters. The van der Waals surface area contributed by atoms with Crippen LogP contribution in [0.4, 0.5) is 51.1 Å². The monoisotopic (exact) mass is 638 g/mol. The second-order valence-electron chi connectivity index (χ2n) is 10.5. The van der Waals surface area contributed by atoms with Gasteiger partial charge in [0.25, 0.3) is 5.95 Å². The summed E-state index contributed by atoms with van der Waals surface area (Å²) in [5.74, 6) is -1.25. The van der Waals surface area contributed by atoms with Gasteiger partial charge in [0.2, 0.25) is 0 Å². The van der Waals surface area contributed by atoms with Gasteiger partial charge in [-0.05, 0) is 72.4 Å². The normalized spacial score (nSPS) is 16.1. The number of fused-ring (bicyclic) bond motifs is 1. The molecule has 0 fully saturated rings. The number of rotatable bonds is 8. The highest BCUT2D eigenvalue weighted by Crippen LogP contribution is 2.44. The smallest absolute Gasteiger partial charge is 0.416 e. The molecule has 1 aromatic heterocycles. The fourth-order valence-electron chi connectivity index (χ4n) is 5.31. The first-order valence-corrected chi connectivity index (χ1v) is 13.3. The van der Waals surface area contributed by atoms with Crippen LogP contribution in [0.3, 0.4) is 0 Å². The summed E-state index contributed by atoms with van der Waals surface area (Å²) in [6.45, 7) is 0.986. The number of carboxylic acid groups (broad SMARTS) is 1. The van der Waals surface area contributed by atoms with Gasteiger partial charge in [-0.25, -0.2) is 0 Å². The molecule has 0 saturated heterocycles. The van der Waals surface area contributed by atoms with Crippen molar-refractivity contribution in [2.24, 2.45) is 7.05 Å². The Morgan fingerprint density at radius 1 is 0.977 bits per heavy atom. The van der Waals surface area contributed by atoms with E-state index in [4.69, 9.17) is 5.11 Å². The van der Waals surface area contributed by atoms with E-state index in [1.54, 1.807) is 4.90 Å². The number of alkyl halides is 9. The molecule has 240 valence electrons. The number of benzene rings is 2. The Hall–Kier alpha value is -4.05. The van der Waals surface area contributed by atoms with Crippen LogP contribution < -0.4 is 9.80 Å². The van der Waals surface area contributed by atoms with Crippen molar-refractivity contribution in [2.75, 3.05) is 22.9 Å². The summed E-state index contributed by atoms with van der Waals surface area (Å²) in [4.78, 5) is 15.1. The largest absolute Gasteiger partial charge is 0.481 e. The Kier molecular flexibility index (Phi) is 9.07. The number of hydrogen-bond acceptors (Lipinski definition) is 6. The summed E-state index contributed by atoms with van der Waals surface area (Å²) in [5.41, 5.74) is -4.09. The number of halogens is 9. The van der Waals surface area contributed by atoms with E-state index in [-0.39, 0.29) is 61.2 Å². The maximum atomic E-state index is 14.0. The van der Waals surface area contributed by atoms with Crippen molar-refractivity contribution in [1.29, 1.82) is 0 Å². The molecule has 4 rings (SSSR count). The van der Waals surface area contributed by atoms with Gasteiger partial charge < -0.3 is 14.9 Å². The Labute approximate surface area is 245 Å². The van der Waals surface area contributed by atoms with Crippen LogP contribution in [0.2, 0.25) is 0 Å². The van der Waals surface area contributed by atoms with Crippen LogP contribution in [-0.2, 0) is 36.9 Å². The van der Waals surface area contributed by atoms with E-state index in [0.29, 0.717) is 24.1 Å². The Morgan fingerprint density at radius 2 is 1.61 bits per heavy atom. The van der Waals surface area contributed by atoms with Crippen LogP contribution in [0.25, 0.3) is 0 Å². The average molecular weight is 639 g/mol. The number of anilines is 2. The van der Waals surface area contributed by atoms with Crippen molar-refractivity contribution < 1.29 is 49.4 Å². The molecule has 0 spiro atoms. The molecule has 0 saturated carbocycles. The van der Waals surface area contributed by atoms with Crippen molar-refractivity contribution in [2.45, 2.75) is 63.7 Å². The Morgan fingerprint density at radius 3 is 2.14 bits per heavy atom. The van der Waals surface area contributed by atoms with Gasteiger partial charge in [-0.1, -0.05) is 11.2 Å². The Bertz CT molecular complexity index is 1470. The molecule has 2 heterocycles. The van der Waals surface area contributed by atoms with E-state index in [9.17, 15) is 44.3 Å². The molecule has 0 bridgehead atoms. The summed E-state index contributed by atoms with van der Waals surface area (Å²) in [6.07, 6.45) is -14.5. The summed E-state index contributed by atoms with van der Waals surface area (Å²) < 4.78 is 124. The fraction of sp³-hybridized carbons (Fsp3) is 0.481. The Balaban J connectivity index is 1.88. The van der Waals surface area contributed by atoms with Gasteiger partial charge in [0.15, 0.2) is 0 Å². The molecule has 0 amide bonds. The van der Waals surface area contributed by atoms with E-state index in [0.717, 1.165) is 10.9 Å². The zero-order chi connectivity index (χ0) is 32.6. The van der Waals surface area contributed by atoms with Crippen LogP contribution in [-0.4, -0.2) is 44.4 Å². The molecule has 2 aromatic carbocycles. The second kappa shape index (κ2) is 12.1. The first-order chi connectivity index (χ1) is 20.3. The van der Waals surface area contributed by atoms with Gasteiger partial charge in [0.1, 0.15) is 0 Å². The van der Waals surface area contributed by atoms with Crippen LogP contribution >= 0.6 is 0 Å². The molecule has 17 heteroatoms. The summed E-state index contributed by atoms with van der Waals surface area (Å²) in [6, 6.07) is 2.49. The number of hydrogen-bond donors (Lipinski definition) is 1. The SMILES string of the molecule is Cc1cc2c(cc1C(F)(F)F)N(CCCC(=O)O)CCC[C@@H]2N(Cc1cc(C(F)(F)F)cc(C(F)(F)F)c1)c1nnn(C)n1. The van der Waals surface area contributed by atoms with E-state index >= 15 is 0 Å². The molecule has 1 N–H and O–H groups in total. The topological polar surface area (TPSA) is 87.4 Å². The third-order valence-corrected chi connectivity index (χ3v) is 7.23. The summed E-state index contributed by atoms with van der Waals surface area (Å²) >= 11 is 0. The minimum atomic E-state index is -5.10. The molecule has 0 unspecified atom stereocenters. The first kappa shape index (κ1) is 32.9. The average Bonchev–Trinajstić information content (AvgIpc) is 3.25. The summed E-state index contributed by atoms with van der Waals surface area (Å²) in [5, 5.41) is 20.8. The number of aliphatic carboxylic acids is 1. The van der Waals surface area contributed by atoms with Gasteiger partial charge in [0, 0.05) is 31.7 Å². The quantitative estimate of drug-likeness (QED) is 0.272. The highest BCUT2D eigenvalue weighted by molar-refractivity contribution is 5.67. The number of carboxylic acids is 1. The third-order valence-electron chi connectivity index (χ3n) is 7.23. The molecule has 1 aliphatic heterocycles. The number of aryl methyl sites for hydroxylation is 2. The lowest BCUT2D eigenvalue weighted by molar-refractivity contribution is -0.143. The van der Waals surface area contributed by atoms with Crippen molar-refractivity contribution >= 4 is 17.6 Å². The molecule has 8 nitrogen and oxygen atoms in total. The number of tetrazole rings is 1. The van der Waals surface area contributed by atoms with Gasteiger partial charge in [-0.2, -0.15) is 44.3 Å². The van der Waals surface area contributed by atoms with Crippen molar-refractivity contribution in [3.63, 3.8) is 0 Å². The van der Waals surface area contributed by atoms with Crippen LogP contribution in [0, 0.1) is 6.92 Å². The van der Waals surface area contributed by atoms with Gasteiger partial charge in [-0.15, -0.1) is 5.10 Å². The molecular weight excluding hydrogens is 611 g/mol. The summed E-state index contributed by atoms with van der Waals surface area (Å²) in [7, 11) is 1.39. The molecule has 44 heavy (non-hydrogen) atoms. The van der Waals surface area contributed by atoms with Crippen molar-refractivity contribution in [3.8, 4) is 0 Å². The maximum absolute atomic E-state index is 14.0. The zero-order valence-corrected chi connectivity index (χ0v) is 23.4. The van der Waals surface area contributed by atoms with Gasteiger partial charge in [0.05, 0.1) is 29.8 Å². The zero-order valence-electron chi connectivity index (χ0n) is 23.4. The molecular formula is C27H27F9N6O2. The lowest BCUT2D eigenvalue weighted by Crippen LogP contribution is -2.31. The third kappa shape index (κ3) is 7.53. The number of carbonyl (C=O) groups is 1. The van der Waals surface area contributed by atoms with Crippen LogP contribution in [0.1, 0.15) is 65.1 Å². The minimum Gasteiger partial charge on any atom is -0.481 e. The van der Waals surface area contributed by atoms with Gasteiger partial charge >= 0.3 is 24.5 Å².